The fourth-order valence-electron chi connectivity index (χ4n) is 3.59. The van der Waals surface area contributed by atoms with Gasteiger partial charge >= 0.3 is 11.9 Å². The molecule has 0 saturated heterocycles. The third-order valence-corrected chi connectivity index (χ3v) is 5.72. The molecule has 160 valence electrons. The molecule has 31 heavy (non-hydrogen) atoms. The predicted octanol–water partition coefficient (Wildman–Crippen LogP) is 5.60. The van der Waals surface area contributed by atoms with Gasteiger partial charge in [-0.15, -0.1) is 0 Å². The molecular formula is C23H18Cl2O6. The smallest absolute Gasteiger partial charge is 0.339 e. The van der Waals surface area contributed by atoms with Crippen LogP contribution < -0.4 is 0 Å². The molecule has 0 heterocycles. The summed E-state index contributed by atoms with van der Waals surface area (Å²) in [5, 5.41) is 40.0. The minimum absolute atomic E-state index is 0.294. The largest absolute Gasteiger partial charge is 0.507 e. The molecule has 0 spiro atoms. The number of rotatable bonds is 5. The van der Waals surface area contributed by atoms with Gasteiger partial charge in [0.15, 0.2) is 0 Å². The molecule has 0 bridgehead atoms. The number of halogens is 2. The summed E-state index contributed by atoms with van der Waals surface area (Å²) in [4.78, 5) is 23.3. The number of aryl methyl sites for hydroxylation is 2. The molecule has 8 heteroatoms. The first-order valence-corrected chi connectivity index (χ1v) is 9.86. The Morgan fingerprint density at radius 3 is 1.52 bits per heavy atom. The molecule has 6 nitrogen and oxygen atoms in total. The van der Waals surface area contributed by atoms with Crippen LogP contribution in [0.1, 0.15) is 54.5 Å². The van der Waals surface area contributed by atoms with Crippen LogP contribution in [0.3, 0.4) is 0 Å². The molecule has 0 aliphatic carbocycles. The average molecular weight is 461 g/mol. The SMILES string of the molecule is Cc1cc(C(c2cc(C)c(O)c(C(=O)O)c2)c2c(Cl)cccc2Cl)cc(C(=O)O)c1O. The second-order valence-electron chi connectivity index (χ2n) is 7.15. The van der Waals surface area contributed by atoms with Gasteiger partial charge < -0.3 is 20.4 Å². The number of hydrogen-bond donors (Lipinski definition) is 4. The number of phenols is 2. The van der Waals surface area contributed by atoms with Gasteiger partial charge in [0, 0.05) is 21.5 Å². The van der Waals surface area contributed by atoms with Gasteiger partial charge in [0.25, 0.3) is 0 Å². The average Bonchev–Trinajstić information content (AvgIpc) is 2.68. The minimum Gasteiger partial charge on any atom is -0.507 e. The van der Waals surface area contributed by atoms with E-state index in [9.17, 15) is 30.0 Å². The maximum atomic E-state index is 11.7. The van der Waals surface area contributed by atoms with Gasteiger partial charge in [0.1, 0.15) is 22.6 Å². The summed E-state index contributed by atoms with van der Waals surface area (Å²) >= 11 is 12.9. The van der Waals surface area contributed by atoms with Crippen LogP contribution in [0, 0.1) is 13.8 Å². The van der Waals surface area contributed by atoms with Gasteiger partial charge in [-0.1, -0.05) is 41.4 Å². The number of benzene rings is 3. The summed E-state index contributed by atoms with van der Waals surface area (Å²) in [7, 11) is 0. The molecule has 0 aliphatic heterocycles. The first kappa shape index (κ1) is 22.5. The van der Waals surface area contributed by atoms with E-state index in [1.165, 1.54) is 12.1 Å². The fourth-order valence-corrected chi connectivity index (χ4v) is 4.20. The molecule has 0 saturated carbocycles. The molecule has 3 aromatic rings. The molecular weight excluding hydrogens is 443 g/mol. The summed E-state index contributed by atoms with van der Waals surface area (Å²) in [5.74, 6) is -4.14. The van der Waals surface area contributed by atoms with Gasteiger partial charge in [0.05, 0.1) is 0 Å². The van der Waals surface area contributed by atoms with Crippen LogP contribution in [-0.2, 0) is 0 Å². The first-order chi connectivity index (χ1) is 14.5. The van der Waals surface area contributed by atoms with E-state index < -0.39 is 17.9 Å². The molecule has 0 atom stereocenters. The Balaban J connectivity index is 2.42. The van der Waals surface area contributed by atoms with E-state index in [-0.39, 0.29) is 22.6 Å². The van der Waals surface area contributed by atoms with Crippen molar-refractivity contribution in [3.05, 3.63) is 91.5 Å². The van der Waals surface area contributed by atoms with Crippen molar-refractivity contribution in [1.82, 2.24) is 0 Å². The summed E-state index contributed by atoms with van der Waals surface area (Å²) in [6.07, 6.45) is 0. The Hall–Kier alpha value is -3.22. The molecule has 0 aliphatic rings. The van der Waals surface area contributed by atoms with Crippen molar-refractivity contribution < 1.29 is 30.0 Å². The van der Waals surface area contributed by atoms with E-state index in [1.807, 2.05) is 0 Å². The zero-order valence-electron chi connectivity index (χ0n) is 16.5. The molecule has 0 fully saturated rings. The van der Waals surface area contributed by atoms with Crippen LogP contribution in [-0.4, -0.2) is 32.4 Å². The second-order valence-corrected chi connectivity index (χ2v) is 7.96. The van der Waals surface area contributed by atoms with Crippen LogP contribution >= 0.6 is 23.2 Å². The van der Waals surface area contributed by atoms with Crippen molar-refractivity contribution in [2.75, 3.05) is 0 Å². The van der Waals surface area contributed by atoms with Crippen LogP contribution in [0.25, 0.3) is 0 Å². The molecule has 3 aromatic carbocycles. The van der Waals surface area contributed by atoms with Gasteiger partial charge in [0.2, 0.25) is 0 Å². The van der Waals surface area contributed by atoms with Crippen molar-refractivity contribution in [1.29, 1.82) is 0 Å². The number of hydrogen-bond acceptors (Lipinski definition) is 4. The van der Waals surface area contributed by atoms with E-state index in [1.54, 1.807) is 44.2 Å². The van der Waals surface area contributed by atoms with E-state index in [0.717, 1.165) is 0 Å². The van der Waals surface area contributed by atoms with Crippen LogP contribution in [0.2, 0.25) is 10.0 Å². The normalized spacial score (nSPS) is 11.0. The minimum atomic E-state index is -1.32. The number of carboxylic acids is 2. The van der Waals surface area contributed by atoms with Crippen molar-refractivity contribution in [2.45, 2.75) is 19.8 Å². The van der Waals surface area contributed by atoms with Crippen molar-refractivity contribution in [3.63, 3.8) is 0 Å². The molecule has 0 unspecified atom stereocenters. The molecule has 0 radical (unpaired) electrons. The molecule has 0 aromatic heterocycles. The summed E-state index contributed by atoms with van der Waals surface area (Å²) < 4.78 is 0. The number of carboxylic acid groups (broad SMARTS) is 2. The predicted molar refractivity (Wildman–Crippen MR) is 117 cm³/mol. The topological polar surface area (TPSA) is 115 Å². The summed E-state index contributed by atoms with van der Waals surface area (Å²) in [6.45, 7) is 3.11. The number of aromatic carboxylic acids is 2. The Morgan fingerprint density at radius 2 is 1.16 bits per heavy atom. The lowest BCUT2D eigenvalue weighted by Gasteiger charge is -2.24. The fraction of sp³-hybridized carbons (Fsp3) is 0.130. The van der Waals surface area contributed by atoms with Crippen molar-refractivity contribution in [3.8, 4) is 11.5 Å². The van der Waals surface area contributed by atoms with E-state index in [4.69, 9.17) is 23.2 Å². The number of aromatic hydroxyl groups is 2. The third kappa shape index (κ3) is 4.17. The van der Waals surface area contributed by atoms with Crippen molar-refractivity contribution in [2.24, 2.45) is 0 Å². The Bertz CT molecular complexity index is 1130. The van der Waals surface area contributed by atoms with Gasteiger partial charge in [-0.2, -0.15) is 0 Å². The highest BCUT2D eigenvalue weighted by atomic mass is 35.5. The van der Waals surface area contributed by atoms with Gasteiger partial charge in [-0.05, 0) is 60.4 Å². The standard InChI is InChI=1S/C23H18Cl2O6/c1-10-6-12(8-14(20(10)26)22(28)29)18(19-16(24)4-3-5-17(19)25)13-7-11(2)21(27)15(9-13)23(30)31/h3-9,18,26-27H,1-2H3,(H,28,29)(H,30,31). The van der Waals surface area contributed by atoms with Crippen LogP contribution in [0.4, 0.5) is 0 Å². The lowest BCUT2D eigenvalue weighted by molar-refractivity contribution is 0.0682. The zero-order chi connectivity index (χ0) is 23.0. The van der Waals surface area contributed by atoms with E-state index in [0.29, 0.717) is 37.9 Å². The highest BCUT2D eigenvalue weighted by Gasteiger charge is 2.27. The highest BCUT2D eigenvalue weighted by Crippen LogP contribution is 2.43. The Labute approximate surface area is 187 Å². The van der Waals surface area contributed by atoms with Crippen LogP contribution in [0.15, 0.2) is 42.5 Å². The monoisotopic (exact) mass is 460 g/mol. The zero-order valence-corrected chi connectivity index (χ0v) is 18.0. The quantitative estimate of drug-likeness (QED) is 0.368. The highest BCUT2D eigenvalue weighted by molar-refractivity contribution is 6.36. The van der Waals surface area contributed by atoms with Gasteiger partial charge in [-0.25, -0.2) is 9.59 Å². The molecule has 0 amide bonds. The van der Waals surface area contributed by atoms with Crippen molar-refractivity contribution >= 4 is 35.1 Å². The Kier molecular flexibility index (Phi) is 6.15. The second kappa shape index (κ2) is 8.49. The van der Waals surface area contributed by atoms with Crippen LogP contribution in [0.5, 0.6) is 11.5 Å². The summed E-state index contributed by atoms with van der Waals surface area (Å²) in [6, 6.07) is 10.7. The third-order valence-electron chi connectivity index (χ3n) is 5.06. The lowest BCUT2D eigenvalue weighted by Crippen LogP contribution is -2.10. The lowest BCUT2D eigenvalue weighted by atomic mass is 9.82. The van der Waals surface area contributed by atoms with Gasteiger partial charge in [-0.3, -0.25) is 0 Å². The first-order valence-electron chi connectivity index (χ1n) is 9.10. The van der Waals surface area contributed by atoms with E-state index in [2.05, 4.69) is 0 Å². The summed E-state index contributed by atoms with van der Waals surface area (Å²) in [5.41, 5.74) is 1.32. The molecule has 4 N–H and O–H groups in total. The van der Waals surface area contributed by atoms with E-state index >= 15 is 0 Å². The molecule has 3 rings (SSSR count). The Morgan fingerprint density at radius 1 is 0.774 bits per heavy atom. The number of carbonyl (C=O) groups is 2. The maximum absolute atomic E-state index is 11.7. The maximum Gasteiger partial charge on any atom is 0.339 e.